The number of nitrogens with zero attached hydrogens (tertiary/aromatic N) is 2. The summed E-state index contributed by atoms with van der Waals surface area (Å²) in [7, 11) is 0. The predicted molar refractivity (Wildman–Crippen MR) is 58.4 cm³/mol. The van der Waals surface area contributed by atoms with E-state index in [9.17, 15) is 9.59 Å². The summed E-state index contributed by atoms with van der Waals surface area (Å²) in [6, 6.07) is -0.741. The van der Waals surface area contributed by atoms with E-state index >= 15 is 0 Å². The number of carbonyl (C=O) groups excluding carboxylic acids is 1. The fourth-order valence-corrected chi connectivity index (χ4v) is 2.62. The zero-order valence-electron chi connectivity index (χ0n) is 8.42. The lowest BCUT2D eigenvalue weighted by molar-refractivity contribution is -0.141. The van der Waals surface area contributed by atoms with E-state index in [1.807, 2.05) is 0 Å². The van der Waals surface area contributed by atoms with Crippen LogP contribution >= 0.6 is 11.8 Å². The van der Waals surface area contributed by atoms with Gasteiger partial charge in [0.05, 0.1) is 12.5 Å². The number of carboxylic acid groups (broad SMARTS) is 1. The number of aromatic nitrogens is 2. The van der Waals surface area contributed by atoms with Gasteiger partial charge >= 0.3 is 5.97 Å². The Morgan fingerprint density at radius 2 is 2.44 bits per heavy atom. The van der Waals surface area contributed by atoms with Gasteiger partial charge in [-0.25, -0.2) is 9.78 Å². The minimum Gasteiger partial charge on any atom is -0.480 e. The average Bonchev–Trinajstić information content (AvgIpc) is 2.81. The highest BCUT2D eigenvalue weighted by atomic mass is 32.2. The Balaban J connectivity index is 2.17. The molecule has 2 heterocycles. The predicted octanol–water partition coefficient (Wildman–Crippen LogP) is 0.0519. The van der Waals surface area contributed by atoms with E-state index < -0.39 is 12.0 Å². The first kappa shape index (κ1) is 11.0. The largest absolute Gasteiger partial charge is 0.480 e. The molecule has 86 valence electrons. The van der Waals surface area contributed by atoms with Gasteiger partial charge in [-0.3, -0.25) is 4.79 Å². The second-order valence-corrected chi connectivity index (χ2v) is 4.54. The van der Waals surface area contributed by atoms with Gasteiger partial charge in [-0.1, -0.05) is 0 Å². The summed E-state index contributed by atoms with van der Waals surface area (Å²) in [5.41, 5.74) is 0.332. The van der Waals surface area contributed by atoms with Gasteiger partial charge in [0, 0.05) is 18.1 Å². The topological polar surface area (TPSA) is 86.3 Å². The minimum atomic E-state index is -0.958. The van der Waals surface area contributed by atoms with E-state index in [4.69, 9.17) is 5.11 Å². The maximum atomic E-state index is 12.0. The molecule has 0 bridgehead atoms. The van der Waals surface area contributed by atoms with Crippen LogP contribution in [0.2, 0.25) is 0 Å². The maximum Gasteiger partial charge on any atom is 0.327 e. The van der Waals surface area contributed by atoms with Crippen LogP contribution in [0.4, 0.5) is 0 Å². The summed E-state index contributed by atoms with van der Waals surface area (Å²) in [5, 5.41) is 9.02. The highest BCUT2D eigenvalue weighted by molar-refractivity contribution is 7.99. The number of imidazole rings is 1. The van der Waals surface area contributed by atoms with Crippen molar-refractivity contribution in [2.75, 3.05) is 18.1 Å². The Hall–Kier alpha value is -1.50. The van der Waals surface area contributed by atoms with Crippen LogP contribution in [0.15, 0.2) is 12.5 Å². The number of nitrogens with one attached hydrogen (secondary N) is 1. The van der Waals surface area contributed by atoms with Gasteiger partial charge in [0.25, 0.3) is 5.91 Å². The summed E-state index contributed by atoms with van der Waals surface area (Å²) in [4.78, 5) is 30.8. The van der Waals surface area contributed by atoms with Crippen molar-refractivity contribution in [3.8, 4) is 0 Å². The average molecular weight is 241 g/mol. The molecule has 0 radical (unpaired) electrons. The molecule has 1 amide bonds. The molecule has 0 aromatic carbocycles. The number of thioether (sulfide) groups is 1. The fraction of sp³-hybridized carbons (Fsp3) is 0.444. The van der Waals surface area contributed by atoms with Crippen LogP contribution in [-0.2, 0) is 4.79 Å². The first-order chi connectivity index (χ1) is 7.70. The molecule has 2 N–H and O–H groups in total. The molecule has 2 rings (SSSR count). The minimum absolute atomic E-state index is 0.301. The summed E-state index contributed by atoms with van der Waals surface area (Å²) in [5.74, 6) is -0.0518. The number of hydrogen-bond acceptors (Lipinski definition) is 4. The lowest BCUT2D eigenvalue weighted by atomic mass is 10.2. The quantitative estimate of drug-likeness (QED) is 0.764. The van der Waals surface area contributed by atoms with Crippen molar-refractivity contribution >= 4 is 23.6 Å². The number of hydrogen-bond donors (Lipinski definition) is 2. The van der Waals surface area contributed by atoms with Crippen LogP contribution in [0.25, 0.3) is 0 Å². The standard InChI is InChI=1S/C9H11N3O3S/c13-8(6-3-10-5-11-6)12-1-2-16-4-7(12)9(14)15/h3,5,7H,1-2,4H2,(H,10,11)(H,14,15). The first-order valence-corrected chi connectivity index (χ1v) is 5.95. The number of H-pyrrole nitrogens is 1. The van der Waals surface area contributed by atoms with E-state index in [1.54, 1.807) is 11.8 Å². The van der Waals surface area contributed by atoms with E-state index in [2.05, 4.69) is 9.97 Å². The third-order valence-electron chi connectivity index (χ3n) is 2.40. The van der Waals surface area contributed by atoms with Crippen LogP contribution in [0.5, 0.6) is 0 Å². The van der Waals surface area contributed by atoms with Crippen molar-refractivity contribution in [1.29, 1.82) is 0 Å². The third-order valence-corrected chi connectivity index (χ3v) is 3.43. The number of amides is 1. The van der Waals surface area contributed by atoms with Gasteiger partial charge in [-0.15, -0.1) is 0 Å². The SMILES string of the molecule is O=C(O)C1CSCCN1C(=O)c1cnc[nH]1. The highest BCUT2D eigenvalue weighted by Crippen LogP contribution is 2.18. The van der Waals surface area contributed by atoms with E-state index in [-0.39, 0.29) is 5.91 Å². The Morgan fingerprint density at radius 1 is 1.62 bits per heavy atom. The van der Waals surface area contributed by atoms with Gasteiger partial charge in [-0.05, 0) is 0 Å². The molecule has 0 aliphatic carbocycles. The Morgan fingerprint density at radius 3 is 3.06 bits per heavy atom. The molecule has 16 heavy (non-hydrogen) atoms. The molecule has 1 aromatic rings. The molecule has 0 spiro atoms. The summed E-state index contributed by atoms with van der Waals surface area (Å²) in [6.45, 7) is 0.458. The lowest BCUT2D eigenvalue weighted by Crippen LogP contribution is -2.50. The number of carboxylic acids is 1. The van der Waals surface area contributed by atoms with Crippen LogP contribution in [0.1, 0.15) is 10.5 Å². The second-order valence-electron chi connectivity index (χ2n) is 3.39. The van der Waals surface area contributed by atoms with Crippen LogP contribution in [0, 0.1) is 0 Å². The van der Waals surface area contributed by atoms with E-state index in [0.717, 1.165) is 5.75 Å². The van der Waals surface area contributed by atoms with Crippen molar-refractivity contribution < 1.29 is 14.7 Å². The number of aromatic amines is 1. The summed E-state index contributed by atoms with van der Waals surface area (Å²) >= 11 is 1.55. The number of carbonyl (C=O) groups is 2. The maximum absolute atomic E-state index is 12.0. The van der Waals surface area contributed by atoms with Gasteiger partial charge in [0.2, 0.25) is 0 Å². The number of aliphatic carboxylic acids is 1. The zero-order valence-corrected chi connectivity index (χ0v) is 9.24. The van der Waals surface area contributed by atoms with Crippen LogP contribution in [-0.4, -0.2) is 55.9 Å². The van der Waals surface area contributed by atoms with Crippen molar-refractivity contribution in [3.05, 3.63) is 18.2 Å². The Kier molecular flexibility index (Phi) is 3.14. The molecule has 7 heteroatoms. The molecule has 1 atom stereocenters. The Bertz CT molecular complexity index is 393. The molecule has 0 saturated carbocycles. The van der Waals surface area contributed by atoms with Crippen LogP contribution < -0.4 is 0 Å². The Labute approximate surface area is 96.0 Å². The summed E-state index contributed by atoms with van der Waals surface area (Å²) < 4.78 is 0. The zero-order chi connectivity index (χ0) is 11.5. The van der Waals surface area contributed by atoms with E-state index in [0.29, 0.717) is 18.0 Å². The third kappa shape index (κ3) is 2.04. The summed E-state index contributed by atoms with van der Waals surface area (Å²) in [6.07, 6.45) is 2.81. The molecule has 1 aliphatic heterocycles. The molecular formula is C9H11N3O3S. The van der Waals surface area contributed by atoms with Crippen molar-refractivity contribution in [2.45, 2.75) is 6.04 Å². The molecule has 1 unspecified atom stereocenters. The molecule has 1 aromatic heterocycles. The number of rotatable bonds is 2. The second kappa shape index (κ2) is 4.56. The molecule has 1 fully saturated rings. The smallest absolute Gasteiger partial charge is 0.327 e. The van der Waals surface area contributed by atoms with Crippen LogP contribution in [0.3, 0.4) is 0 Å². The van der Waals surface area contributed by atoms with Crippen molar-refractivity contribution in [2.24, 2.45) is 0 Å². The van der Waals surface area contributed by atoms with Crippen molar-refractivity contribution in [3.63, 3.8) is 0 Å². The van der Waals surface area contributed by atoms with Gasteiger partial charge in [0.1, 0.15) is 11.7 Å². The van der Waals surface area contributed by atoms with Gasteiger partial charge in [0.15, 0.2) is 0 Å². The van der Waals surface area contributed by atoms with Gasteiger partial charge in [-0.2, -0.15) is 11.8 Å². The first-order valence-electron chi connectivity index (χ1n) is 4.80. The lowest BCUT2D eigenvalue weighted by Gasteiger charge is -2.32. The monoisotopic (exact) mass is 241 g/mol. The fourth-order valence-electron chi connectivity index (χ4n) is 1.58. The molecular weight excluding hydrogens is 230 g/mol. The highest BCUT2D eigenvalue weighted by Gasteiger charge is 2.33. The normalized spacial score (nSPS) is 20.8. The molecule has 1 saturated heterocycles. The van der Waals surface area contributed by atoms with E-state index in [1.165, 1.54) is 17.4 Å². The molecule has 6 nitrogen and oxygen atoms in total. The van der Waals surface area contributed by atoms with Gasteiger partial charge < -0.3 is 15.0 Å². The van der Waals surface area contributed by atoms with Crippen molar-refractivity contribution in [1.82, 2.24) is 14.9 Å². The molecule has 1 aliphatic rings.